The van der Waals surface area contributed by atoms with Crippen molar-refractivity contribution in [2.24, 2.45) is 16.1 Å². The number of alkyl halides is 2. The number of benzene rings is 1. The Bertz CT molecular complexity index is 847. The highest BCUT2D eigenvalue weighted by Crippen LogP contribution is 2.51. The fourth-order valence-electron chi connectivity index (χ4n) is 3.39. The van der Waals surface area contributed by atoms with E-state index < -0.39 is 11.8 Å². The predicted octanol–water partition coefficient (Wildman–Crippen LogP) is 4.46. The molecule has 1 fully saturated rings. The summed E-state index contributed by atoms with van der Waals surface area (Å²) < 4.78 is 32.3. The van der Waals surface area contributed by atoms with Gasteiger partial charge in [-0.2, -0.15) is 5.10 Å². The lowest BCUT2D eigenvalue weighted by molar-refractivity contribution is 0.0998. The third-order valence-corrected chi connectivity index (χ3v) is 5.25. The fraction of sp³-hybridized carbons (Fsp3) is 0.368. The van der Waals surface area contributed by atoms with Crippen molar-refractivity contribution in [1.82, 2.24) is 4.90 Å². The molecule has 1 aliphatic carbocycles. The molecule has 1 saturated carbocycles. The van der Waals surface area contributed by atoms with Gasteiger partial charge in [0.05, 0.1) is 13.2 Å². The molecule has 1 atom stereocenters. The van der Waals surface area contributed by atoms with E-state index in [9.17, 15) is 8.78 Å². The molecular weight excluding hydrogens is 360 g/mol. The molecule has 0 amide bonds. The second-order valence-electron chi connectivity index (χ2n) is 6.68. The van der Waals surface area contributed by atoms with Crippen molar-refractivity contribution in [3.63, 3.8) is 0 Å². The molecule has 136 valence electrons. The lowest BCUT2D eigenvalue weighted by Crippen LogP contribution is -2.30. The first-order valence-corrected chi connectivity index (χ1v) is 8.86. The maximum atomic E-state index is 13.3. The van der Waals surface area contributed by atoms with Crippen LogP contribution in [0.3, 0.4) is 0 Å². The Labute approximate surface area is 155 Å². The molecule has 0 aromatic heterocycles. The van der Waals surface area contributed by atoms with E-state index in [2.05, 4.69) is 23.0 Å². The van der Waals surface area contributed by atoms with Crippen molar-refractivity contribution >= 4 is 29.7 Å². The fourth-order valence-corrected chi connectivity index (χ4v) is 3.69. The minimum Gasteiger partial charge on any atom is -0.492 e. The van der Waals surface area contributed by atoms with E-state index in [-0.39, 0.29) is 12.8 Å². The summed E-state index contributed by atoms with van der Waals surface area (Å²) in [4.78, 5) is 1.75. The topological polar surface area (TPSA) is 37.2 Å². The molecule has 0 N–H and O–H groups in total. The third-order valence-electron chi connectivity index (χ3n) is 4.93. The van der Waals surface area contributed by atoms with Crippen LogP contribution in [0.15, 0.2) is 45.7 Å². The SMILES string of the molecule is C=N/N=C(/CC1CC1(F)F)N1C=CC(c2cccc3c2OCC3)=C(Cl)C1. The number of fused-ring (bicyclic) bond motifs is 1. The van der Waals surface area contributed by atoms with Crippen LogP contribution < -0.4 is 4.74 Å². The highest BCUT2D eigenvalue weighted by Gasteiger charge is 2.57. The highest BCUT2D eigenvalue weighted by atomic mass is 35.5. The number of para-hydroxylation sites is 1. The molecule has 4 rings (SSSR count). The number of halogens is 3. The summed E-state index contributed by atoms with van der Waals surface area (Å²) in [5.41, 5.74) is 3.00. The van der Waals surface area contributed by atoms with E-state index in [0.29, 0.717) is 24.0 Å². The molecule has 7 heteroatoms. The molecular formula is C19H18ClF2N3O. The van der Waals surface area contributed by atoms with Crippen molar-refractivity contribution < 1.29 is 13.5 Å². The molecule has 2 aliphatic heterocycles. The zero-order chi connectivity index (χ0) is 18.3. The van der Waals surface area contributed by atoms with Gasteiger partial charge in [-0.25, -0.2) is 8.78 Å². The van der Waals surface area contributed by atoms with E-state index in [4.69, 9.17) is 16.3 Å². The summed E-state index contributed by atoms with van der Waals surface area (Å²) in [7, 11) is 0. The van der Waals surface area contributed by atoms with Gasteiger partial charge in [-0.15, -0.1) is 5.10 Å². The Morgan fingerprint density at radius 3 is 2.92 bits per heavy atom. The number of ether oxygens (including phenoxy) is 1. The van der Waals surface area contributed by atoms with E-state index in [0.717, 1.165) is 23.3 Å². The molecule has 0 saturated heterocycles. The monoisotopic (exact) mass is 377 g/mol. The van der Waals surface area contributed by atoms with Gasteiger partial charge in [0.2, 0.25) is 0 Å². The van der Waals surface area contributed by atoms with Gasteiger partial charge in [0.25, 0.3) is 5.92 Å². The van der Waals surface area contributed by atoms with Crippen LogP contribution >= 0.6 is 11.6 Å². The molecule has 1 aromatic carbocycles. The molecule has 0 spiro atoms. The number of nitrogens with zero attached hydrogens (tertiary/aromatic N) is 3. The normalized spacial score (nSPS) is 23.7. The summed E-state index contributed by atoms with van der Waals surface area (Å²) in [6, 6.07) is 6.02. The van der Waals surface area contributed by atoms with Gasteiger partial charge >= 0.3 is 0 Å². The average molecular weight is 378 g/mol. The maximum absolute atomic E-state index is 13.3. The van der Waals surface area contributed by atoms with E-state index >= 15 is 0 Å². The summed E-state index contributed by atoms with van der Waals surface area (Å²) in [6.07, 6.45) is 4.61. The highest BCUT2D eigenvalue weighted by molar-refractivity contribution is 6.34. The average Bonchev–Trinajstić information content (AvgIpc) is 3.00. The van der Waals surface area contributed by atoms with Crippen LogP contribution in [0, 0.1) is 5.92 Å². The Kier molecular flexibility index (Phi) is 4.31. The first kappa shape index (κ1) is 17.2. The van der Waals surface area contributed by atoms with Crippen LogP contribution in [0.2, 0.25) is 0 Å². The van der Waals surface area contributed by atoms with Crippen LogP contribution in [0.25, 0.3) is 5.57 Å². The lowest BCUT2D eigenvalue weighted by Gasteiger charge is -2.26. The molecule has 0 radical (unpaired) electrons. The Morgan fingerprint density at radius 2 is 2.23 bits per heavy atom. The number of amidine groups is 1. The first-order valence-electron chi connectivity index (χ1n) is 8.48. The second-order valence-corrected chi connectivity index (χ2v) is 7.13. The molecule has 2 heterocycles. The van der Waals surface area contributed by atoms with Gasteiger partial charge in [-0.05, 0) is 11.6 Å². The zero-order valence-electron chi connectivity index (χ0n) is 14.1. The Balaban J connectivity index is 1.56. The summed E-state index contributed by atoms with van der Waals surface area (Å²) >= 11 is 6.55. The van der Waals surface area contributed by atoms with Crippen molar-refractivity contribution in [2.45, 2.75) is 25.2 Å². The molecule has 4 nitrogen and oxygen atoms in total. The Hall–Kier alpha value is -2.21. The van der Waals surface area contributed by atoms with Gasteiger partial charge in [0.1, 0.15) is 11.6 Å². The smallest absolute Gasteiger partial charge is 0.252 e. The minimum absolute atomic E-state index is 0.108. The van der Waals surface area contributed by atoms with Crippen LogP contribution in [-0.4, -0.2) is 36.5 Å². The maximum Gasteiger partial charge on any atom is 0.252 e. The lowest BCUT2D eigenvalue weighted by atomic mass is 9.99. The van der Waals surface area contributed by atoms with Crippen LogP contribution in [-0.2, 0) is 6.42 Å². The van der Waals surface area contributed by atoms with Crippen molar-refractivity contribution in [3.05, 3.63) is 46.6 Å². The number of hydrogen-bond donors (Lipinski definition) is 0. The number of allylic oxidation sites excluding steroid dienone is 2. The van der Waals surface area contributed by atoms with Crippen LogP contribution in [0.4, 0.5) is 8.78 Å². The summed E-state index contributed by atoms with van der Waals surface area (Å²) in [5.74, 6) is -1.97. The third kappa shape index (κ3) is 3.14. The molecule has 26 heavy (non-hydrogen) atoms. The molecule has 0 bridgehead atoms. The summed E-state index contributed by atoms with van der Waals surface area (Å²) in [5, 5.41) is 8.08. The first-order chi connectivity index (χ1) is 12.5. The largest absolute Gasteiger partial charge is 0.492 e. The van der Waals surface area contributed by atoms with Crippen molar-refractivity contribution in [2.75, 3.05) is 13.2 Å². The minimum atomic E-state index is -2.60. The van der Waals surface area contributed by atoms with E-state index in [1.54, 1.807) is 11.1 Å². The van der Waals surface area contributed by atoms with Gasteiger partial charge in [-0.1, -0.05) is 29.8 Å². The number of hydrogen-bond acceptors (Lipinski definition) is 3. The van der Waals surface area contributed by atoms with Crippen LogP contribution in [0.5, 0.6) is 5.75 Å². The van der Waals surface area contributed by atoms with E-state index in [1.807, 2.05) is 18.2 Å². The molecule has 3 aliphatic rings. The summed E-state index contributed by atoms with van der Waals surface area (Å²) in [6.45, 7) is 4.36. The molecule has 1 unspecified atom stereocenters. The van der Waals surface area contributed by atoms with Gasteiger partial charge in [0.15, 0.2) is 0 Å². The quantitative estimate of drug-likeness (QED) is 0.441. The Morgan fingerprint density at radius 1 is 1.42 bits per heavy atom. The predicted molar refractivity (Wildman–Crippen MR) is 98.9 cm³/mol. The molecule has 1 aromatic rings. The van der Waals surface area contributed by atoms with Gasteiger partial charge in [0, 0.05) is 54.3 Å². The second kappa shape index (κ2) is 6.50. The number of rotatable bonds is 4. The standard InChI is InChI=1S/C19H18ClF2N3O/c1-23-24-17(9-13-10-19(13,21)22)25-7-5-14(16(20)11-25)15-4-2-3-12-6-8-26-18(12)15/h2-5,7,13H,1,6,8-11H2/b24-17-. The van der Waals surface area contributed by atoms with Crippen LogP contribution in [0.1, 0.15) is 24.0 Å². The van der Waals surface area contributed by atoms with Crippen molar-refractivity contribution in [3.8, 4) is 5.75 Å². The van der Waals surface area contributed by atoms with E-state index in [1.165, 1.54) is 5.56 Å². The van der Waals surface area contributed by atoms with Gasteiger partial charge in [-0.3, -0.25) is 0 Å². The zero-order valence-corrected chi connectivity index (χ0v) is 14.8. The van der Waals surface area contributed by atoms with Gasteiger partial charge < -0.3 is 9.64 Å². The van der Waals surface area contributed by atoms with Crippen molar-refractivity contribution in [1.29, 1.82) is 0 Å².